The van der Waals surface area contributed by atoms with E-state index in [4.69, 9.17) is 19.9 Å². The molecule has 0 aromatic rings. The predicted molar refractivity (Wildman–Crippen MR) is 225 cm³/mol. The maximum Gasteiger partial charge on any atom is 0.251 e. The predicted octanol–water partition coefficient (Wildman–Crippen LogP) is 8.50. The van der Waals surface area contributed by atoms with E-state index in [1.807, 2.05) is 4.90 Å². The Hall–Kier alpha value is -2.24. The van der Waals surface area contributed by atoms with Crippen molar-refractivity contribution < 1.29 is 33.4 Å². The van der Waals surface area contributed by atoms with Gasteiger partial charge in [0.1, 0.15) is 25.9 Å². The molecule has 0 aliphatic heterocycles. The van der Waals surface area contributed by atoms with E-state index in [2.05, 4.69) is 33.0 Å². The molecule has 0 fully saturated rings. The summed E-state index contributed by atoms with van der Waals surface area (Å²) >= 11 is 0. The van der Waals surface area contributed by atoms with Crippen molar-refractivity contribution in [3.8, 4) is 0 Å². The van der Waals surface area contributed by atoms with Crippen molar-refractivity contribution in [2.24, 2.45) is 5.73 Å². The summed E-state index contributed by atoms with van der Waals surface area (Å²) in [5.41, 5.74) is 5.36. The molecule has 0 saturated carbocycles. The lowest BCUT2D eigenvalue weighted by atomic mass is 10.1. The van der Waals surface area contributed by atoms with Gasteiger partial charge >= 0.3 is 0 Å². The molecule has 0 spiro atoms. The number of carbonyl (C=O) groups excluding carboxylic acids is 4. The normalized spacial score (nSPS) is 11.8. The lowest BCUT2D eigenvalue weighted by Gasteiger charge is -2.27. The van der Waals surface area contributed by atoms with Crippen LogP contribution in [-0.2, 0) is 33.4 Å². The molecule has 0 aromatic heterocycles. The van der Waals surface area contributed by atoms with E-state index >= 15 is 0 Å². The number of unbranched alkanes of at least 4 members (excludes halogenated alkanes) is 20. The van der Waals surface area contributed by atoms with Crippen molar-refractivity contribution in [2.45, 2.75) is 194 Å². The minimum atomic E-state index is -0.705. The Morgan fingerprint density at radius 2 is 0.964 bits per heavy atom. The highest BCUT2D eigenvalue weighted by Gasteiger charge is 2.25. The molecule has 0 bridgehead atoms. The number of rotatable bonds is 42. The number of primary amides is 1. The first kappa shape index (κ1) is 52.8. The summed E-state index contributed by atoms with van der Waals surface area (Å²) in [6.07, 6.45) is 27.2. The Bertz CT molecular complexity index is 907. The van der Waals surface area contributed by atoms with Gasteiger partial charge in [-0.05, 0) is 25.7 Å². The fourth-order valence-electron chi connectivity index (χ4n) is 6.63. The Morgan fingerprint density at radius 3 is 1.45 bits per heavy atom. The highest BCUT2D eigenvalue weighted by atomic mass is 16.5. The second-order valence-electron chi connectivity index (χ2n) is 15.3. The van der Waals surface area contributed by atoms with Crippen molar-refractivity contribution >= 4 is 23.6 Å². The zero-order valence-corrected chi connectivity index (χ0v) is 36.2. The second-order valence-corrected chi connectivity index (χ2v) is 15.3. The van der Waals surface area contributed by atoms with Crippen LogP contribution in [0.2, 0.25) is 0 Å². The molecule has 0 aromatic carbocycles. The molecule has 0 aliphatic rings. The van der Waals surface area contributed by atoms with Gasteiger partial charge in [-0.3, -0.25) is 19.2 Å². The lowest BCUT2D eigenvalue weighted by Crippen LogP contribution is -2.44. The third-order valence-corrected chi connectivity index (χ3v) is 10.1. The average Bonchev–Trinajstić information content (AvgIpc) is 3.17. The molecule has 55 heavy (non-hydrogen) atoms. The Kier molecular flexibility index (Phi) is 38.3. The van der Waals surface area contributed by atoms with Gasteiger partial charge in [0.25, 0.3) is 5.91 Å². The summed E-state index contributed by atoms with van der Waals surface area (Å²) in [5.74, 6) is -1.05. The smallest absolute Gasteiger partial charge is 0.251 e. The number of nitrogens with one attached hydrogen (secondary N) is 1. The van der Waals surface area contributed by atoms with Gasteiger partial charge in [-0.25, -0.2) is 0 Å². The van der Waals surface area contributed by atoms with Crippen LogP contribution >= 0.6 is 0 Å². The summed E-state index contributed by atoms with van der Waals surface area (Å²) in [5, 5.41) is 2.80. The number of nitrogens with two attached hydrogens (primary N) is 1. The molecule has 11 heteroatoms. The first-order valence-corrected chi connectivity index (χ1v) is 22.7. The maximum absolute atomic E-state index is 13.7. The molecule has 0 rings (SSSR count). The van der Waals surface area contributed by atoms with Crippen molar-refractivity contribution in [2.75, 3.05) is 65.8 Å². The number of hydrogen-bond acceptors (Lipinski definition) is 7. The monoisotopic (exact) mass is 783 g/mol. The third kappa shape index (κ3) is 33.6. The molecular weight excluding hydrogens is 697 g/mol. The first-order chi connectivity index (χ1) is 26.8. The summed E-state index contributed by atoms with van der Waals surface area (Å²) in [4.78, 5) is 54.4. The number of amides is 4. The van der Waals surface area contributed by atoms with Crippen molar-refractivity contribution in [3.05, 3.63) is 0 Å². The largest absolute Gasteiger partial charge is 0.378 e. The van der Waals surface area contributed by atoms with E-state index in [1.54, 1.807) is 4.90 Å². The molecule has 0 heterocycles. The SMILES string of the molecule is CCCCCCCCC(OCC(N)=O)C(=O)N(CCCCCCCC)CCOCCNC(=O)COCC(=O)N(CCCCCCCC)CCCCCCCC. The molecule has 0 aliphatic carbocycles. The molecule has 4 amide bonds. The summed E-state index contributed by atoms with van der Waals surface area (Å²) in [6, 6.07) is 0. The van der Waals surface area contributed by atoms with E-state index in [0.29, 0.717) is 32.7 Å². The van der Waals surface area contributed by atoms with Crippen molar-refractivity contribution in [3.63, 3.8) is 0 Å². The second kappa shape index (κ2) is 40.0. The topological polar surface area (TPSA) is 141 Å². The van der Waals surface area contributed by atoms with E-state index in [9.17, 15) is 19.2 Å². The summed E-state index contributed by atoms with van der Waals surface area (Å²) < 4.78 is 17.1. The van der Waals surface area contributed by atoms with E-state index in [0.717, 1.165) is 77.3 Å². The zero-order chi connectivity index (χ0) is 40.6. The van der Waals surface area contributed by atoms with Crippen molar-refractivity contribution in [1.82, 2.24) is 15.1 Å². The van der Waals surface area contributed by atoms with Crippen LogP contribution in [0.25, 0.3) is 0 Å². The highest BCUT2D eigenvalue weighted by molar-refractivity contribution is 5.82. The Labute approximate surface area is 337 Å². The highest BCUT2D eigenvalue weighted by Crippen LogP contribution is 2.15. The lowest BCUT2D eigenvalue weighted by molar-refractivity contribution is -0.147. The fourth-order valence-corrected chi connectivity index (χ4v) is 6.63. The minimum Gasteiger partial charge on any atom is -0.378 e. The van der Waals surface area contributed by atoms with Crippen LogP contribution in [-0.4, -0.2) is 105 Å². The van der Waals surface area contributed by atoms with Crippen LogP contribution in [0.3, 0.4) is 0 Å². The van der Waals surface area contributed by atoms with Crippen LogP contribution in [0.4, 0.5) is 0 Å². The minimum absolute atomic E-state index is 0.0486. The molecule has 1 unspecified atom stereocenters. The van der Waals surface area contributed by atoms with Crippen molar-refractivity contribution in [1.29, 1.82) is 0 Å². The van der Waals surface area contributed by atoms with E-state index in [-0.39, 0.29) is 44.1 Å². The fraction of sp³-hybridized carbons (Fsp3) is 0.909. The summed E-state index contributed by atoms with van der Waals surface area (Å²) in [6.45, 7) is 11.6. The number of carbonyl (C=O) groups is 4. The quantitative estimate of drug-likeness (QED) is 0.0592. The van der Waals surface area contributed by atoms with Gasteiger partial charge in [-0.1, -0.05) is 163 Å². The van der Waals surface area contributed by atoms with Crippen LogP contribution in [0.5, 0.6) is 0 Å². The first-order valence-electron chi connectivity index (χ1n) is 22.7. The molecular formula is C44H86N4O7. The van der Waals surface area contributed by atoms with Gasteiger partial charge in [-0.15, -0.1) is 0 Å². The average molecular weight is 783 g/mol. The molecule has 0 saturated heterocycles. The molecule has 1 atom stereocenters. The Balaban J connectivity index is 4.80. The zero-order valence-electron chi connectivity index (χ0n) is 36.2. The summed E-state index contributed by atoms with van der Waals surface area (Å²) in [7, 11) is 0. The third-order valence-electron chi connectivity index (χ3n) is 10.1. The van der Waals surface area contributed by atoms with E-state index < -0.39 is 12.0 Å². The molecule has 0 radical (unpaired) electrons. The van der Waals surface area contributed by atoms with E-state index in [1.165, 1.54) is 89.9 Å². The van der Waals surface area contributed by atoms with Crippen LogP contribution in [0, 0.1) is 0 Å². The number of ether oxygens (including phenoxy) is 3. The van der Waals surface area contributed by atoms with Gasteiger partial charge in [0.15, 0.2) is 0 Å². The number of hydrogen-bond donors (Lipinski definition) is 2. The van der Waals surface area contributed by atoms with Gasteiger partial charge in [0.2, 0.25) is 17.7 Å². The molecule has 324 valence electrons. The van der Waals surface area contributed by atoms with Crippen LogP contribution < -0.4 is 11.1 Å². The Morgan fingerprint density at radius 1 is 0.509 bits per heavy atom. The van der Waals surface area contributed by atoms with Crippen LogP contribution in [0.1, 0.15) is 188 Å². The molecule has 3 N–H and O–H groups in total. The number of nitrogens with zero attached hydrogens (tertiary/aromatic N) is 2. The maximum atomic E-state index is 13.7. The van der Waals surface area contributed by atoms with Crippen LogP contribution in [0.15, 0.2) is 0 Å². The van der Waals surface area contributed by atoms with Gasteiger partial charge in [-0.2, -0.15) is 0 Å². The standard InChI is InChI=1S/C44H86N4O7/c1-5-9-13-17-21-25-29-40(55-37-41(45)49)44(52)48(33-28-24-20-16-12-8-4)34-36-53-35-30-46-42(50)38-54-39-43(51)47(31-26-22-18-14-10-6-2)32-27-23-19-15-11-7-3/h40H,5-39H2,1-4H3,(H2,45,49)(H,46,50). The molecule has 11 nitrogen and oxygen atoms in total. The van der Waals surface area contributed by atoms with Gasteiger partial charge in [0, 0.05) is 32.7 Å². The van der Waals surface area contributed by atoms with Gasteiger partial charge < -0.3 is 35.1 Å². The van der Waals surface area contributed by atoms with Gasteiger partial charge in [0.05, 0.1) is 13.2 Å².